The molecule has 0 aliphatic carbocycles. The van der Waals surface area contributed by atoms with Gasteiger partial charge in [0.25, 0.3) is 0 Å². The van der Waals surface area contributed by atoms with E-state index in [-0.39, 0.29) is 11.2 Å². The highest BCUT2D eigenvalue weighted by atomic mass is 19.1. The van der Waals surface area contributed by atoms with Crippen LogP contribution < -0.4 is 4.74 Å². The average molecular weight is 222 g/mol. The van der Waals surface area contributed by atoms with Crippen LogP contribution in [-0.4, -0.2) is 6.61 Å². The second kappa shape index (κ2) is 3.76. The Kier molecular flexibility index (Phi) is 2.69. The van der Waals surface area contributed by atoms with Crippen LogP contribution in [0.1, 0.15) is 43.9 Å². The molecule has 1 heterocycles. The van der Waals surface area contributed by atoms with Crippen molar-refractivity contribution in [3.63, 3.8) is 0 Å². The van der Waals surface area contributed by atoms with E-state index in [2.05, 4.69) is 27.7 Å². The Balaban J connectivity index is 2.63. The molecule has 0 saturated heterocycles. The van der Waals surface area contributed by atoms with Crippen molar-refractivity contribution in [3.8, 4) is 5.75 Å². The van der Waals surface area contributed by atoms with Crippen LogP contribution in [0.15, 0.2) is 6.07 Å². The highest BCUT2D eigenvalue weighted by molar-refractivity contribution is 5.48. The van der Waals surface area contributed by atoms with Crippen molar-refractivity contribution in [3.05, 3.63) is 28.6 Å². The van der Waals surface area contributed by atoms with Gasteiger partial charge in [0.2, 0.25) is 0 Å². The van der Waals surface area contributed by atoms with E-state index in [0.717, 1.165) is 24.0 Å². The molecule has 1 aliphatic heterocycles. The van der Waals surface area contributed by atoms with E-state index < -0.39 is 0 Å². The lowest BCUT2D eigenvalue weighted by Gasteiger charge is -2.27. The van der Waals surface area contributed by atoms with Crippen LogP contribution in [-0.2, 0) is 11.8 Å². The van der Waals surface area contributed by atoms with Crippen LogP contribution in [0.2, 0.25) is 0 Å². The number of rotatable bonds is 0. The van der Waals surface area contributed by atoms with Gasteiger partial charge in [-0.25, -0.2) is 4.39 Å². The van der Waals surface area contributed by atoms with E-state index in [4.69, 9.17) is 4.74 Å². The summed E-state index contributed by atoms with van der Waals surface area (Å²) in [6.45, 7) is 9.06. The second-order valence-electron chi connectivity index (χ2n) is 5.54. The largest absolute Gasteiger partial charge is 0.490 e. The Morgan fingerprint density at radius 1 is 1.31 bits per heavy atom. The lowest BCUT2D eigenvalue weighted by atomic mass is 9.81. The molecule has 1 aliphatic rings. The predicted molar refractivity (Wildman–Crippen MR) is 63.7 cm³/mol. The topological polar surface area (TPSA) is 9.23 Å². The fourth-order valence-corrected chi connectivity index (χ4v) is 2.44. The molecule has 0 atom stereocenters. The number of ether oxygens (including phenoxy) is 1. The summed E-state index contributed by atoms with van der Waals surface area (Å²) in [5.41, 5.74) is 3.34. The van der Waals surface area contributed by atoms with E-state index in [1.54, 1.807) is 6.07 Å². The average Bonchev–Trinajstić information content (AvgIpc) is 2.22. The summed E-state index contributed by atoms with van der Waals surface area (Å²) >= 11 is 0. The molecule has 2 rings (SSSR count). The van der Waals surface area contributed by atoms with Crippen molar-refractivity contribution in [2.24, 2.45) is 0 Å². The van der Waals surface area contributed by atoms with Crippen molar-refractivity contribution in [2.75, 3.05) is 6.61 Å². The number of hydrogen-bond acceptors (Lipinski definition) is 1. The molecule has 0 bridgehead atoms. The van der Waals surface area contributed by atoms with Gasteiger partial charge < -0.3 is 4.74 Å². The number of halogens is 1. The van der Waals surface area contributed by atoms with Crippen molar-refractivity contribution in [1.29, 1.82) is 0 Å². The monoisotopic (exact) mass is 222 g/mol. The lowest BCUT2D eigenvalue weighted by molar-refractivity contribution is 0.272. The minimum atomic E-state index is -0.203. The Hall–Kier alpha value is -1.05. The summed E-state index contributed by atoms with van der Waals surface area (Å²) in [7, 11) is 0. The molecule has 1 nitrogen and oxygen atoms in total. The van der Waals surface area contributed by atoms with Crippen LogP contribution in [0, 0.1) is 12.7 Å². The highest BCUT2D eigenvalue weighted by Gasteiger charge is 2.25. The van der Waals surface area contributed by atoms with Gasteiger partial charge in [0.05, 0.1) is 6.61 Å². The summed E-state index contributed by atoms with van der Waals surface area (Å²) in [5.74, 6) is 0.280. The fourth-order valence-electron chi connectivity index (χ4n) is 2.44. The molecule has 0 spiro atoms. The van der Waals surface area contributed by atoms with Crippen molar-refractivity contribution in [1.82, 2.24) is 0 Å². The Morgan fingerprint density at radius 3 is 2.62 bits per heavy atom. The summed E-state index contributed by atoms with van der Waals surface area (Å²) in [5, 5.41) is 0. The van der Waals surface area contributed by atoms with Gasteiger partial charge in [0, 0.05) is 5.56 Å². The molecule has 88 valence electrons. The highest BCUT2D eigenvalue weighted by Crippen LogP contribution is 2.37. The van der Waals surface area contributed by atoms with Crippen molar-refractivity contribution in [2.45, 2.75) is 46.0 Å². The van der Waals surface area contributed by atoms with Gasteiger partial charge in [-0.15, -0.1) is 0 Å². The molecule has 0 amide bonds. The molecule has 1 aromatic carbocycles. The molecular formula is C14H19FO. The first-order valence-corrected chi connectivity index (χ1v) is 5.86. The maximum atomic E-state index is 13.9. The zero-order chi connectivity index (χ0) is 11.9. The molecule has 1 aromatic rings. The zero-order valence-corrected chi connectivity index (χ0v) is 10.5. The molecule has 0 radical (unpaired) electrons. The van der Waals surface area contributed by atoms with Crippen LogP contribution in [0.4, 0.5) is 4.39 Å². The molecule has 16 heavy (non-hydrogen) atoms. The lowest BCUT2D eigenvalue weighted by Crippen LogP contribution is -2.18. The maximum Gasteiger partial charge on any atom is 0.165 e. The standard InChI is InChI=1S/C14H19FO/c1-9-10-6-5-7-16-13(10)12(15)8-11(9)14(2,3)4/h8H,5-7H2,1-4H3. The molecular weight excluding hydrogens is 203 g/mol. The van der Waals surface area contributed by atoms with Crippen LogP contribution in [0.5, 0.6) is 5.75 Å². The van der Waals surface area contributed by atoms with E-state index in [9.17, 15) is 4.39 Å². The minimum absolute atomic E-state index is 0.0165. The predicted octanol–water partition coefficient (Wildman–Crippen LogP) is 3.76. The number of hydrogen-bond donors (Lipinski definition) is 0. The first-order valence-electron chi connectivity index (χ1n) is 5.86. The normalized spacial score (nSPS) is 15.6. The van der Waals surface area contributed by atoms with Gasteiger partial charge in [-0.3, -0.25) is 0 Å². The smallest absolute Gasteiger partial charge is 0.165 e. The van der Waals surface area contributed by atoms with E-state index >= 15 is 0 Å². The van der Waals surface area contributed by atoms with Gasteiger partial charge in [0.1, 0.15) is 0 Å². The van der Waals surface area contributed by atoms with Crippen LogP contribution >= 0.6 is 0 Å². The van der Waals surface area contributed by atoms with Gasteiger partial charge in [-0.05, 0) is 42.4 Å². The summed E-state index contributed by atoms with van der Waals surface area (Å²) in [4.78, 5) is 0. The molecule has 0 saturated carbocycles. The molecule has 2 heteroatoms. The fraction of sp³-hybridized carbons (Fsp3) is 0.571. The SMILES string of the molecule is Cc1c(C(C)(C)C)cc(F)c2c1CCCO2. The van der Waals surface area contributed by atoms with E-state index in [1.165, 1.54) is 5.56 Å². The van der Waals surface area contributed by atoms with Crippen LogP contribution in [0.25, 0.3) is 0 Å². The Bertz CT molecular complexity index is 416. The zero-order valence-electron chi connectivity index (χ0n) is 10.5. The number of fused-ring (bicyclic) bond motifs is 1. The quantitative estimate of drug-likeness (QED) is 0.649. The second-order valence-corrected chi connectivity index (χ2v) is 5.54. The molecule has 0 aromatic heterocycles. The maximum absolute atomic E-state index is 13.9. The van der Waals surface area contributed by atoms with Gasteiger partial charge in [0.15, 0.2) is 11.6 Å². The summed E-state index contributed by atoms with van der Waals surface area (Å²) < 4.78 is 19.3. The Morgan fingerprint density at radius 2 is 2.00 bits per heavy atom. The first-order chi connectivity index (χ1) is 7.41. The third kappa shape index (κ3) is 1.81. The molecule has 0 N–H and O–H groups in total. The van der Waals surface area contributed by atoms with Gasteiger partial charge in [-0.2, -0.15) is 0 Å². The number of benzene rings is 1. The summed E-state index contributed by atoms with van der Waals surface area (Å²) in [6, 6.07) is 1.64. The third-order valence-corrected chi connectivity index (χ3v) is 3.24. The Labute approximate surface area is 96.6 Å². The van der Waals surface area contributed by atoms with Crippen molar-refractivity contribution < 1.29 is 9.13 Å². The van der Waals surface area contributed by atoms with Gasteiger partial charge >= 0.3 is 0 Å². The molecule has 0 unspecified atom stereocenters. The van der Waals surface area contributed by atoms with E-state index in [1.807, 2.05) is 0 Å². The minimum Gasteiger partial charge on any atom is -0.490 e. The van der Waals surface area contributed by atoms with Gasteiger partial charge in [-0.1, -0.05) is 20.8 Å². The van der Waals surface area contributed by atoms with Crippen LogP contribution in [0.3, 0.4) is 0 Å². The van der Waals surface area contributed by atoms with E-state index in [0.29, 0.717) is 12.4 Å². The summed E-state index contributed by atoms with van der Waals surface area (Å²) in [6.07, 6.45) is 1.92. The first kappa shape index (κ1) is 11.4. The van der Waals surface area contributed by atoms with Crippen molar-refractivity contribution >= 4 is 0 Å². The molecule has 0 fully saturated rings. The third-order valence-electron chi connectivity index (χ3n) is 3.24.